The van der Waals surface area contributed by atoms with Crippen molar-refractivity contribution in [2.75, 3.05) is 5.75 Å². The van der Waals surface area contributed by atoms with Crippen LogP contribution in [-0.4, -0.2) is 17.6 Å². The number of halogens is 2. The van der Waals surface area contributed by atoms with E-state index in [2.05, 4.69) is 10.9 Å². The normalized spacial score (nSPS) is 10.3. The van der Waals surface area contributed by atoms with Crippen molar-refractivity contribution in [2.24, 2.45) is 0 Å². The summed E-state index contributed by atoms with van der Waals surface area (Å²) in [5.74, 6) is -2.32. The molecule has 7 heteroatoms. The lowest BCUT2D eigenvalue weighted by Crippen LogP contribution is -2.42. The molecule has 24 heavy (non-hydrogen) atoms. The van der Waals surface area contributed by atoms with Gasteiger partial charge in [-0.2, -0.15) is 0 Å². The molecule has 0 bridgehead atoms. The molecule has 4 nitrogen and oxygen atoms in total. The largest absolute Gasteiger partial charge is 0.272 e. The highest BCUT2D eigenvalue weighted by Crippen LogP contribution is 2.22. The first kappa shape index (κ1) is 17.9. The van der Waals surface area contributed by atoms with Crippen molar-refractivity contribution in [3.05, 3.63) is 65.2 Å². The number of hydrogen-bond donors (Lipinski definition) is 2. The molecule has 0 aliphatic rings. The smallest absolute Gasteiger partial charge is 0.269 e. The molecule has 2 aromatic carbocycles. The number of amides is 2. The number of hydrazine groups is 1. The molecule has 0 atom stereocenters. The summed E-state index contributed by atoms with van der Waals surface area (Å²) in [6, 6.07) is 10.0. The predicted molar refractivity (Wildman–Crippen MR) is 88.5 cm³/mol. The van der Waals surface area contributed by atoms with Gasteiger partial charge in [0.2, 0.25) is 5.91 Å². The summed E-state index contributed by atoms with van der Waals surface area (Å²) in [5.41, 5.74) is 6.03. The molecule has 0 aromatic heterocycles. The Balaban J connectivity index is 1.82. The minimum Gasteiger partial charge on any atom is -0.272 e. The van der Waals surface area contributed by atoms with Gasteiger partial charge >= 0.3 is 0 Å². The molecular formula is C17H16F2N2O2S. The predicted octanol–water partition coefficient (Wildman–Crippen LogP) is 3.08. The number of benzene rings is 2. The van der Waals surface area contributed by atoms with Crippen LogP contribution >= 0.6 is 11.8 Å². The standard InChI is InChI=1S/C17H16F2N2O2S/c1-2-11-3-5-12(6-4-11)17(23)21-20-16(22)10-24-15-9-13(18)7-8-14(15)19/h3-9H,2,10H2,1H3,(H,20,22)(H,21,23). The highest BCUT2D eigenvalue weighted by atomic mass is 32.2. The van der Waals surface area contributed by atoms with Crippen LogP contribution in [0, 0.1) is 11.6 Å². The molecule has 2 amide bonds. The van der Waals surface area contributed by atoms with Gasteiger partial charge in [0.15, 0.2) is 0 Å². The van der Waals surface area contributed by atoms with E-state index < -0.39 is 23.4 Å². The SMILES string of the molecule is CCc1ccc(C(=O)NNC(=O)CSc2cc(F)ccc2F)cc1. The number of carbonyl (C=O) groups excluding carboxylic acids is 2. The van der Waals surface area contributed by atoms with Crippen LogP contribution in [0.2, 0.25) is 0 Å². The molecule has 0 heterocycles. The van der Waals surface area contributed by atoms with Gasteiger partial charge in [-0.25, -0.2) is 8.78 Å². The van der Waals surface area contributed by atoms with Crippen molar-refractivity contribution in [1.82, 2.24) is 10.9 Å². The van der Waals surface area contributed by atoms with Crippen molar-refractivity contribution in [3.8, 4) is 0 Å². The van der Waals surface area contributed by atoms with Crippen molar-refractivity contribution in [1.29, 1.82) is 0 Å². The van der Waals surface area contributed by atoms with Crippen LogP contribution in [0.5, 0.6) is 0 Å². The monoisotopic (exact) mass is 350 g/mol. The van der Waals surface area contributed by atoms with E-state index in [0.29, 0.717) is 5.56 Å². The third-order valence-corrected chi connectivity index (χ3v) is 4.22. The summed E-state index contributed by atoms with van der Waals surface area (Å²) in [4.78, 5) is 23.6. The Morgan fingerprint density at radius 2 is 1.75 bits per heavy atom. The zero-order chi connectivity index (χ0) is 17.5. The Morgan fingerprint density at radius 1 is 1.04 bits per heavy atom. The molecule has 126 valence electrons. The molecule has 0 unspecified atom stereocenters. The van der Waals surface area contributed by atoms with Crippen LogP contribution in [0.15, 0.2) is 47.4 Å². The van der Waals surface area contributed by atoms with E-state index >= 15 is 0 Å². The van der Waals surface area contributed by atoms with Gasteiger partial charge in [0, 0.05) is 10.5 Å². The fourth-order valence-electron chi connectivity index (χ4n) is 1.86. The maximum atomic E-state index is 13.4. The van der Waals surface area contributed by atoms with Crippen LogP contribution in [0.4, 0.5) is 8.78 Å². The summed E-state index contributed by atoms with van der Waals surface area (Å²) in [7, 11) is 0. The van der Waals surface area contributed by atoms with Crippen molar-refractivity contribution in [3.63, 3.8) is 0 Å². The quantitative estimate of drug-likeness (QED) is 0.644. The summed E-state index contributed by atoms with van der Waals surface area (Å²) < 4.78 is 26.5. The second-order valence-corrected chi connectivity index (χ2v) is 5.93. The van der Waals surface area contributed by atoms with Gasteiger partial charge in [-0.15, -0.1) is 11.8 Å². The molecule has 0 saturated heterocycles. The number of thioether (sulfide) groups is 1. The van der Waals surface area contributed by atoms with E-state index in [0.717, 1.165) is 41.9 Å². The minimum absolute atomic E-state index is 0.0339. The van der Waals surface area contributed by atoms with Crippen molar-refractivity contribution < 1.29 is 18.4 Å². The first-order valence-electron chi connectivity index (χ1n) is 7.25. The average Bonchev–Trinajstić information content (AvgIpc) is 2.60. The zero-order valence-corrected chi connectivity index (χ0v) is 13.8. The van der Waals surface area contributed by atoms with Crippen LogP contribution < -0.4 is 10.9 Å². The van der Waals surface area contributed by atoms with E-state index in [9.17, 15) is 18.4 Å². The number of aryl methyl sites for hydroxylation is 1. The first-order chi connectivity index (χ1) is 11.5. The lowest BCUT2D eigenvalue weighted by atomic mass is 10.1. The topological polar surface area (TPSA) is 58.2 Å². The van der Waals surface area contributed by atoms with Gasteiger partial charge in [-0.3, -0.25) is 20.4 Å². The molecule has 2 N–H and O–H groups in total. The van der Waals surface area contributed by atoms with Gasteiger partial charge in [-0.1, -0.05) is 19.1 Å². The second-order valence-electron chi connectivity index (χ2n) is 4.92. The second kappa shape index (κ2) is 8.44. The van der Waals surface area contributed by atoms with Crippen LogP contribution in [0.25, 0.3) is 0 Å². The fraction of sp³-hybridized carbons (Fsp3) is 0.176. The number of hydrogen-bond acceptors (Lipinski definition) is 3. The maximum absolute atomic E-state index is 13.4. The van der Waals surface area contributed by atoms with E-state index in [1.165, 1.54) is 0 Å². The minimum atomic E-state index is -0.603. The van der Waals surface area contributed by atoms with Crippen molar-refractivity contribution in [2.45, 2.75) is 18.2 Å². The average molecular weight is 350 g/mol. The Bertz CT molecular complexity index is 736. The number of nitrogens with one attached hydrogen (secondary N) is 2. The van der Waals surface area contributed by atoms with Gasteiger partial charge in [0.05, 0.1) is 5.75 Å². The zero-order valence-electron chi connectivity index (χ0n) is 12.9. The molecule has 0 spiro atoms. The van der Waals surface area contributed by atoms with E-state index in [4.69, 9.17) is 0 Å². The van der Waals surface area contributed by atoms with Crippen LogP contribution in [0.1, 0.15) is 22.8 Å². The van der Waals surface area contributed by atoms with Gasteiger partial charge in [0.1, 0.15) is 11.6 Å². The van der Waals surface area contributed by atoms with Crippen LogP contribution in [-0.2, 0) is 11.2 Å². The molecule has 2 aromatic rings. The summed E-state index contributed by atoms with van der Waals surface area (Å²) in [5, 5.41) is 0. The Hall–Kier alpha value is -2.41. The molecule has 2 rings (SSSR count). The first-order valence-corrected chi connectivity index (χ1v) is 8.24. The fourth-order valence-corrected chi connectivity index (χ4v) is 2.62. The van der Waals surface area contributed by atoms with Gasteiger partial charge < -0.3 is 0 Å². The summed E-state index contributed by atoms with van der Waals surface area (Å²) in [6.07, 6.45) is 0.868. The van der Waals surface area contributed by atoms with Gasteiger partial charge in [-0.05, 0) is 42.3 Å². The molecular weight excluding hydrogens is 334 g/mol. The molecule has 0 aliphatic carbocycles. The third kappa shape index (κ3) is 5.06. The lowest BCUT2D eigenvalue weighted by Gasteiger charge is -2.08. The van der Waals surface area contributed by atoms with E-state index in [1.807, 2.05) is 19.1 Å². The Morgan fingerprint density at radius 3 is 2.42 bits per heavy atom. The lowest BCUT2D eigenvalue weighted by molar-refractivity contribution is -0.119. The third-order valence-electron chi connectivity index (χ3n) is 3.19. The Labute approximate surface area is 142 Å². The maximum Gasteiger partial charge on any atom is 0.269 e. The van der Waals surface area contributed by atoms with Crippen LogP contribution in [0.3, 0.4) is 0 Å². The molecule has 0 fully saturated rings. The summed E-state index contributed by atoms with van der Waals surface area (Å²) in [6.45, 7) is 2.01. The highest BCUT2D eigenvalue weighted by Gasteiger charge is 2.10. The summed E-state index contributed by atoms with van der Waals surface area (Å²) >= 11 is 0.843. The van der Waals surface area contributed by atoms with E-state index in [-0.39, 0.29) is 10.6 Å². The van der Waals surface area contributed by atoms with Crippen molar-refractivity contribution >= 4 is 23.6 Å². The number of carbonyl (C=O) groups is 2. The highest BCUT2D eigenvalue weighted by molar-refractivity contribution is 8.00. The Kier molecular flexibility index (Phi) is 6.31. The van der Waals surface area contributed by atoms with Gasteiger partial charge in [0.25, 0.3) is 5.91 Å². The molecule has 0 saturated carbocycles. The number of rotatable bonds is 5. The van der Waals surface area contributed by atoms with E-state index in [1.54, 1.807) is 12.1 Å². The molecule has 0 radical (unpaired) electrons. The molecule has 0 aliphatic heterocycles.